The Balaban J connectivity index is 1.59. The zero-order chi connectivity index (χ0) is 22.5. The van der Waals surface area contributed by atoms with E-state index in [2.05, 4.69) is 4.98 Å². The summed E-state index contributed by atoms with van der Waals surface area (Å²) in [4.78, 5) is 44.3. The number of carbonyl (C=O) groups is 2. The number of hydrogen-bond donors (Lipinski definition) is 0. The van der Waals surface area contributed by atoms with E-state index >= 15 is 0 Å². The van der Waals surface area contributed by atoms with Crippen molar-refractivity contribution >= 4 is 23.2 Å². The Morgan fingerprint density at radius 1 is 1.19 bits per heavy atom. The number of thiophene rings is 1. The van der Waals surface area contributed by atoms with Crippen LogP contribution in [0.5, 0.6) is 5.75 Å². The molecule has 3 aromatic heterocycles. The number of aromatic nitrogens is 2. The number of hydrogen-bond acceptors (Lipinski definition) is 7. The summed E-state index contributed by atoms with van der Waals surface area (Å²) in [6.07, 6.45) is 2.57. The Kier molecular flexibility index (Phi) is 6.65. The van der Waals surface area contributed by atoms with Crippen LogP contribution in [0.15, 0.2) is 52.1 Å². The van der Waals surface area contributed by atoms with Gasteiger partial charge in [-0.3, -0.25) is 14.6 Å². The first-order valence-corrected chi connectivity index (χ1v) is 11.2. The van der Waals surface area contributed by atoms with Gasteiger partial charge in [0.05, 0.1) is 19.3 Å². The van der Waals surface area contributed by atoms with Gasteiger partial charge in [0.2, 0.25) is 0 Å². The number of nitrogens with zero attached hydrogens (tertiary/aromatic N) is 3. The lowest BCUT2D eigenvalue weighted by molar-refractivity contribution is 0.0593. The van der Waals surface area contributed by atoms with E-state index in [-0.39, 0.29) is 29.4 Å². The van der Waals surface area contributed by atoms with Crippen molar-refractivity contribution < 1.29 is 19.1 Å². The summed E-state index contributed by atoms with van der Waals surface area (Å²) in [5.41, 5.74) is 1.96. The molecule has 0 aliphatic carbocycles. The first-order chi connectivity index (χ1) is 15.6. The van der Waals surface area contributed by atoms with E-state index in [0.717, 1.165) is 5.69 Å². The van der Waals surface area contributed by atoms with Gasteiger partial charge in [-0.25, -0.2) is 4.79 Å². The van der Waals surface area contributed by atoms with Crippen molar-refractivity contribution in [1.29, 1.82) is 0 Å². The number of esters is 1. The van der Waals surface area contributed by atoms with Gasteiger partial charge >= 0.3 is 5.97 Å². The molecule has 4 heterocycles. The van der Waals surface area contributed by atoms with Crippen LogP contribution in [0.25, 0.3) is 0 Å². The monoisotopic (exact) mass is 453 g/mol. The number of amides is 1. The van der Waals surface area contributed by atoms with E-state index in [1.807, 2.05) is 23.6 Å². The highest BCUT2D eigenvalue weighted by Gasteiger charge is 2.27. The summed E-state index contributed by atoms with van der Waals surface area (Å²) in [5.74, 6) is -0.459. The predicted molar refractivity (Wildman–Crippen MR) is 119 cm³/mol. The summed E-state index contributed by atoms with van der Waals surface area (Å²) in [6.45, 7) is 1.31. The van der Waals surface area contributed by atoms with Gasteiger partial charge in [-0.2, -0.15) is 11.3 Å². The van der Waals surface area contributed by atoms with Gasteiger partial charge in [0, 0.05) is 61.5 Å². The van der Waals surface area contributed by atoms with Gasteiger partial charge in [0.15, 0.2) is 0 Å². The van der Waals surface area contributed by atoms with Gasteiger partial charge in [-0.1, -0.05) is 6.07 Å². The second kappa shape index (κ2) is 9.78. The number of rotatable bonds is 6. The van der Waals surface area contributed by atoms with Crippen molar-refractivity contribution in [3.8, 4) is 5.75 Å². The Morgan fingerprint density at radius 2 is 2.06 bits per heavy atom. The third-order valence-electron chi connectivity index (χ3n) is 5.38. The average Bonchev–Trinajstić information content (AvgIpc) is 3.26. The lowest BCUT2D eigenvalue weighted by Crippen LogP contribution is -2.34. The van der Waals surface area contributed by atoms with Crippen LogP contribution in [-0.4, -0.2) is 53.1 Å². The van der Waals surface area contributed by atoms with Crippen LogP contribution < -0.4 is 10.3 Å². The Morgan fingerprint density at radius 3 is 2.78 bits per heavy atom. The van der Waals surface area contributed by atoms with Crippen LogP contribution in [0.2, 0.25) is 0 Å². The van der Waals surface area contributed by atoms with E-state index in [0.29, 0.717) is 43.7 Å². The molecule has 0 saturated carbocycles. The smallest absolute Gasteiger partial charge is 0.343 e. The lowest BCUT2D eigenvalue weighted by atomic mass is 10.1. The Bertz CT molecular complexity index is 1160. The highest BCUT2D eigenvalue weighted by Crippen LogP contribution is 2.25. The summed E-state index contributed by atoms with van der Waals surface area (Å²) in [7, 11) is 1.30. The molecule has 8 nitrogen and oxygen atoms in total. The molecule has 0 atom stereocenters. The quantitative estimate of drug-likeness (QED) is 0.533. The van der Waals surface area contributed by atoms with Crippen LogP contribution >= 0.6 is 11.3 Å². The van der Waals surface area contributed by atoms with Crippen molar-refractivity contribution in [2.45, 2.75) is 19.4 Å². The highest BCUT2D eigenvalue weighted by atomic mass is 32.1. The molecular formula is C23H23N3O5S. The summed E-state index contributed by atoms with van der Waals surface area (Å²) in [6, 6.07) is 8.71. The third-order valence-corrected chi connectivity index (χ3v) is 6.06. The molecule has 3 aromatic rings. The highest BCUT2D eigenvalue weighted by molar-refractivity contribution is 7.08. The number of fused-ring (bicyclic) bond motifs is 1. The number of methoxy groups -OCH3 is 1. The fourth-order valence-corrected chi connectivity index (χ4v) is 4.40. The maximum Gasteiger partial charge on any atom is 0.343 e. The topological polar surface area (TPSA) is 90.7 Å². The van der Waals surface area contributed by atoms with E-state index < -0.39 is 5.97 Å². The molecule has 0 saturated heterocycles. The van der Waals surface area contributed by atoms with Crippen molar-refractivity contribution in [1.82, 2.24) is 14.5 Å². The normalized spacial score (nSPS) is 13.2. The maximum absolute atomic E-state index is 12.9. The van der Waals surface area contributed by atoms with Crippen molar-refractivity contribution in [2.75, 3.05) is 26.8 Å². The molecule has 9 heteroatoms. The number of ether oxygens (including phenoxy) is 2. The van der Waals surface area contributed by atoms with Crippen LogP contribution in [-0.2, 0) is 24.1 Å². The molecule has 4 rings (SSSR count). The first-order valence-electron chi connectivity index (χ1n) is 10.3. The standard InChI is InChI=1S/C23H23N3O5S/c1-30-23(29)21-18-5-9-25(22(28)16-7-13-32-15-16)10-11-26(18)20(27)14-19(21)31-12-6-17-4-2-3-8-24-17/h2-4,7-8,13-15H,5-6,9-12H2,1H3. The van der Waals surface area contributed by atoms with Crippen molar-refractivity contribution in [3.05, 3.63) is 80.2 Å². The molecule has 0 aromatic carbocycles. The third kappa shape index (κ3) is 4.57. The molecule has 1 amide bonds. The predicted octanol–water partition coefficient (Wildman–Crippen LogP) is 2.41. The molecular weight excluding hydrogens is 430 g/mol. The van der Waals surface area contributed by atoms with E-state index in [1.54, 1.807) is 27.1 Å². The fraction of sp³-hybridized carbons (Fsp3) is 0.304. The molecule has 0 unspecified atom stereocenters. The number of pyridine rings is 2. The van der Waals surface area contributed by atoms with Crippen molar-refractivity contribution in [3.63, 3.8) is 0 Å². The molecule has 0 fully saturated rings. The molecule has 0 spiro atoms. The molecule has 1 aliphatic rings. The molecule has 166 valence electrons. The van der Waals surface area contributed by atoms with Crippen LogP contribution in [0, 0.1) is 0 Å². The zero-order valence-electron chi connectivity index (χ0n) is 17.7. The second-order valence-electron chi connectivity index (χ2n) is 7.29. The zero-order valence-corrected chi connectivity index (χ0v) is 18.5. The van der Waals surface area contributed by atoms with Gasteiger partial charge in [0.25, 0.3) is 11.5 Å². The van der Waals surface area contributed by atoms with E-state index in [1.165, 1.54) is 24.5 Å². The minimum Gasteiger partial charge on any atom is -0.492 e. The minimum atomic E-state index is -0.570. The van der Waals surface area contributed by atoms with Crippen LogP contribution in [0.4, 0.5) is 0 Å². The summed E-state index contributed by atoms with van der Waals surface area (Å²) in [5, 5.41) is 3.66. The molecule has 0 radical (unpaired) electrons. The van der Waals surface area contributed by atoms with Crippen LogP contribution in [0.1, 0.15) is 32.1 Å². The Labute approximate surface area is 189 Å². The van der Waals surface area contributed by atoms with E-state index in [4.69, 9.17) is 9.47 Å². The van der Waals surface area contributed by atoms with E-state index in [9.17, 15) is 14.4 Å². The SMILES string of the molecule is COC(=O)c1c(OCCc2ccccn2)cc(=O)n2c1CCN(C(=O)c1ccsc1)CC2. The summed E-state index contributed by atoms with van der Waals surface area (Å²) >= 11 is 1.46. The van der Waals surface area contributed by atoms with Crippen molar-refractivity contribution in [2.24, 2.45) is 0 Å². The van der Waals surface area contributed by atoms with Gasteiger partial charge < -0.3 is 18.9 Å². The summed E-state index contributed by atoms with van der Waals surface area (Å²) < 4.78 is 12.4. The minimum absolute atomic E-state index is 0.0847. The lowest BCUT2D eigenvalue weighted by Gasteiger charge is -2.19. The van der Waals surface area contributed by atoms with Gasteiger partial charge in [0.1, 0.15) is 11.3 Å². The maximum atomic E-state index is 12.9. The fourth-order valence-electron chi connectivity index (χ4n) is 3.77. The molecule has 32 heavy (non-hydrogen) atoms. The number of carbonyl (C=O) groups excluding carboxylic acids is 2. The second-order valence-corrected chi connectivity index (χ2v) is 8.07. The average molecular weight is 454 g/mol. The van der Waals surface area contributed by atoms with Gasteiger partial charge in [-0.05, 0) is 23.6 Å². The van der Waals surface area contributed by atoms with Gasteiger partial charge in [-0.15, -0.1) is 0 Å². The van der Waals surface area contributed by atoms with Crippen LogP contribution in [0.3, 0.4) is 0 Å². The molecule has 0 N–H and O–H groups in total. The molecule has 1 aliphatic heterocycles. The largest absolute Gasteiger partial charge is 0.492 e. The molecule has 0 bridgehead atoms. The Hall–Kier alpha value is -3.46. The first kappa shape index (κ1) is 21.8.